The van der Waals surface area contributed by atoms with E-state index in [4.69, 9.17) is 5.73 Å². The Hall–Kier alpha value is -1.62. The molecule has 1 aromatic carbocycles. The summed E-state index contributed by atoms with van der Waals surface area (Å²) in [5.41, 5.74) is 5.89. The van der Waals surface area contributed by atoms with E-state index in [-0.39, 0.29) is 17.6 Å². The number of carbonyl (C=O) groups is 1. The number of carbonyl (C=O) groups excluding carboxylic acids is 1. The summed E-state index contributed by atoms with van der Waals surface area (Å²) in [6, 6.07) is 4.26. The van der Waals surface area contributed by atoms with Crippen molar-refractivity contribution >= 4 is 11.6 Å². The summed E-state index contributed by atoms with van der Waals surface area (Å²) in [4.78, 5) is 14.4. The fourth-order valence-electron chi connectivity index (χ4n) is 2.35. The number of likely N-dealkylation sites (tertiary alicyclic amines) is 1. The Kier molecular flexibility index (Phi) is 4.37. The van der Waals surface area contributed by atoms with Crippen molar-refractivity contribution in [1.29, 1.82) is 0 Å². The number of halogens is 1. The zero-order valence-corrected chi connectivity index (χ0v) is 11.2. The Balaban J connectivity index is 1.92. The Morgan fingerprint density at radius 3 is 2.74 bits per heavy atom. The first-order chi connectivity index (χ1) is 9.10. The van der Waals surface area contributed by atoms with E-state index in [1.165, 1.54) is 18.2 Å². The second-order valence-electron chi connectivity index (χ2n) is 4.92. The molecule has 0 atom stereocenters. The summed E-state index contributed by atoms with van der Waals surface area (Å²) < 4.78 is 13.0. The minimum absolute atomic E-state index is 0.00783. The summed E-state index contributed by atoms with van der Waals surface area (Å²) in [5, 5.41) is 2.98. The van der Waals surface area contributed by atoms with Gasteiger partial charge in [-0.15, -0.1) is 0 Å². The number of benzene rings is 1. The molecule has 1 amide bonds. The largest absolute Gasteiger partial charge is 0.396 e. The average Bonchev–Trinajstić information content (AvgIpc) is 2.42. The van der Waals surface area contributed by atoms with Gasteiger partial charge in [-0.2, -0.15) is 0 Å². The maximum Gasteiger partial charge on any atom is 0.251 e. The van der Waals surface area contributed by atoms with Gasteiger partial charge in [0.05, 0.1) is 5.69 Å². The van der Waals surface area contributed by atoms with Crippen LogP contribution in [0.1, 0.15) is 30.1 Å². The Morgan fingerprint density at radius 1 is 1.47 bits per heavy atom. The Morgan fingerprint density at radius 2 is 2.16 bits per heavy atom. The minimum atomic E-state index is -0.493. The summed E-state index contributed by atoms with van der Waals surface area (Å²) >= 11 is 0. The number of nitrogens with one attached hydrogen (secondary N) is 1. The molecular weight excluding hydrogens is 245 g/mol. The first-order valence-electron chi connectivity index (χ1n) is 6.68. The van der Waals surface area contributed by atoms with Crippen molar-refractivity contribution in [2.45, 2.75) is 25.8 Å². The second kappa shape index (κ2) is 6.02. The van der Waals surface area contributed by atoms with Crippen molar-refractivity contribution in [3.63, 3.8) is 0 Å². The fourth-order valence-corrected chi connectivity index (χ4v) is 2.35. The standard InChI is InChI=1S/C14H20FN3O/c1-2-18-7-5-11(6-8-18)17-14(19)10-3-4-12(15)13(16)9-10/h3-4,9,11H,2,5-8,16H2,1H3,(H,17,19). The molecule has 1 aliphatic rings. The third-order valence-corrected chi connectivity index (χ3v) is 3.63. The topological polar surface area (TPSA) is 58.4 Å². The molecule has 104 valence electrons. The normalized spacial score (nSPS) is 17.4. The fraction of sp³-hybridized carbons (Fsp3) is 0.500. The van der Waals surface area contributed by atoms with Crippen LogP contribution in [0.4, 0.5) is 10.1 Å². The highest BCUT2D eigenvalue weighted by molar-refractivity contribution is 5.95. The number of hydrogen-bond donors (Lipinski definition) is 2. The lowest BCUT2D eigenvalue weighted by molar-refractivity contribution is 0.0912. The van der Waals surface area contributed by atoms with Crippen LogP contribution >= 0.6 is 0 Å². The quantitative estimate of drug-likeness (QED) is 0.817. The van der Waals surface area contributed by atoms with Crippen LogP contribution in [-0.4, -0.2) is 36.5 Å². The lowest BCUT2D eigenvalue weighted by atomic mass is 10.0. The highest BCUT2D eigenvalue weighted by atomic mass is 19.1. The molecule has 2 rings (SSSR count). The van der Waals surface area contributed by atoms with E-state index in [0.29, 0.717) is 5.56 Å². The van der Waals surface area contributed by atoms with E-state index in [2.05, 4.69) is 17.1 Å². The molecule has 0 aliphatic carbocycles. The smallest absolute Gasteiger partial charge is 0.251 e. The molecule has 1 aliphatic heterocycles. The molecule has 0 spiro atoms. The number of nitrogens with two attached hydrogens (primary N) is 1. The number of hydrogen-bond acceptors (Lipinski definition) is 3. The molecule has 1 heterocycles. The highest BCUT2D eigenvalue weighted by Crippen LogP contribution is 2.14. The van der Waals surface area contributed by atoms with Gasteiger partial charge in [0.25, 0.3) is 5.91 Å². The van der Waals surface area contributed by atoms with Crippen LogP contribution in [0.2, 0.25) is 0 Å². The van der Waals surface area contributed by atoms with Crippen LogP contribution in [0, 0.1) is 5.82 Å². The maximum atomic E-state index is 13.0. The van der Waals surface area contributed by atoms with Crippen LogP contribution in [0.15, 0.2) is 18.2 Å². The number of nitrogens with zero attached hydrogens (tertiary/aromatic N) is 1. The van der Waals surface area contributed by atoms with Gasteiger partial charge in [-0.3, -0.25) is 4.79 Å². The number of amides is 1. The van der Waals surface area contributed by atoms with Crippen LogP contribution in [0.5, 0.6) is 0 Å². The zero-order chi connectivity index (χ0) is 13.8. The molecule has 5 heteroatoms. The Labute approximate surface area is 112 Å². The molecule has 3 N–H and O–H groups in total. The van der Waals surface area contributed by atoms with Gasteiger partial charge in [0.1, 0.15) is 5.82 Å². The van der Waals surface area contributed by atoms with Crippen LogP contribution < -0.4 is 11.1 Å². The lowest BCUT2D eigenvalue weighted by Gasteiger charge is -2.31. The van der Waals surface area contributed by atoms with Gasteiger partial charge >= 0.3 is 0 Å². The molecule has 4 nitrogen and oxygen atoms in total. The third-order valence-electron chi connectivity index (χ3n) is 3.63. The summed E-state index contributed by atoms with van der Waals surface area (Å²) in [6.07, 6.45) is 1.91. The van der Waals surface area contributed by atoms with Crippen molar-refractivity contribution in [3.05, 3.63) is 29.6 Å². The van der Waals surface area contributed by atoms with E-state index in [9.17, 15) is 9.18 Å². The minimum Gasteiger partial charge on any atom is -0.396 e. The predicted molar refractivity (Wildman–Crippen MR) is 73.4 cm³/mol. The van der Waals surface area contributed by atoms with Crippen molar-refractivity contribution < 1.29 is 9.18 Å². The lowest BCUT2D eigenvalue weighted by Crippen LogP contribution is -2.44. The first-order valence-corrected chi connectivity index (χ1v) is 6.68. The molecular formula is C14H20FN3O. The van der Waals surface area contributed by atoms with Gasteiger partial charge in [-0.25, -0.2) is 4.39 Å². The number of anilines is 1. The van der Waals surface area contributed by atoms with Crippen molar-refractivity contribution in [2.75, 3.05) is 25.4 Å². The number of rotatable bonds is 3. The second-order valence-corrected chi connectivity index (χ2v) is 4.92. The summed E-state index contributed by atoms with van der Waals surface area (Å²) in [6.45, 7) is 5.20. The molecule has 1 fully saturated rings. The van der Waals surface area contributed by atoms with Crippen LogP contribution in [-0.2, 0) is 0 Å². The molecule has 0 radical (unpaired) electrons. The van der Waals surface area contributed by atoms with Gasteiger partial charge in [-0.05, 0) is 37.6 Å². The van der Waals surface area contributed by atoms with Crippen molar-refractivity contribution in [3.8, 4) is 0 Å². The van der Waals surface area contributed by atoms with Crippen LogP contribution in [0.3, 0.4) is 0 Å². The van der Waals surface area contributed by atoms with Gasteiger partial charge < -0.3 is 16.0 Å². The summed E-state index contributed by atoms with van der Waals surface area (Å²) in [7, 11) is 0. The maximum absolute atomic E-state index is 13.0. The molecule has 0 bridgehead atoms. The molecule has 0 saturated carbocycles. The van der Waals surface area contributed by atoms with Gasteiger partial charge in [0, 0.05) is 24.7 Å². The first kappa shape index (κ1) is 13.8. The van der Waals surface area contributed by atoms with E-state index in [0.717, 1.165) is 32.5 Å². The van der Waals surface area contributed by atoms with E-state index >= 15 is 0 Å². The van der Waals surface area contributed by atoms with Crippen molar-refractivity contribution in [1.82, 2.24) is 10.2 Å². The molecule has 0 aromatic heterocycles. The zero-order valence-electron chi connectivity index (χ0n) is 11.2. The predicted octanol–water partition coefficient (Wildman–Crippen LogP) is 1.62. The number of piperidine rings is 1. The van der Waals surface area contributed by atoms with E-state index < -0.39 is 5.82 Å². The molecule has 19 heavy (non-hydrogen) atoms. The molecule has 1 aromatic rings. The monoisotopic (exact) mass is 265 g/mol. The van der Waals surface area contributed by atoms with E-state index in [1.807, 2.05) is 0 Å². The van der Waals surface area contributed by atoms with Gasteiger partial charge in [0.2, 0.25) is 0 Å². The van der Waals surface area contributed by atoms with Crippen LogP contribution in [0.25, 0.3) is 0 Å². The number of nitrogen functional groups attached to an aromatic ring is 1. The van der Waals surface area contributed by atoms with Gasteiger partial charge in [0.15, 0.2) is 0 Å². The third kappa shape index (κ3) is 3.44. The Bertz CT molecular complexity index is 456. The van der Waals surface area contributed by atoms with E-state index in [1.54, 1.807) is 0 Å². The SMILES string of the molecule is CCN1CCC(NC(=O)c2ccc(F)c(N)c2)CC1. The van der Waals surface area contributed by atoms with Gasteiger partial charge in [-0.1, -0.05) is 6.92 Å². The average molecular weight is 265 g/mol. The molecule has 1 saturated heterocycles. The van der Waals surface area contributed by atoms with Crippen molar-refractivity contribution in [2.24, 2.45) is 0 Å². The summed E-state index contributed by atoms with van der Waals surface area (Å²) in [5.74, 6) is -0.672. The highest BCUT2D eigenvalue weighted by Gasteiger charge is 2.20. The molecule has 0 unspecified atom stereocenters.